The Labute approximate surface area is 143 Å². The molecule has 0 saturated carbocycles. The van der Waals surface area contributed by atoms with Crippen LogP contribution in [0, 0.1) is 0 Å². The molecule has 1 aromatic carbocycles. The molecule has 1 aliphatic rings. The number of likely N-dealkylation sites (N-methyl/N-ethyl adjacent to an activating group) is 1. The molecule has 0 bridgehead atoms. The van der Waals surface area contributed by atoms with Crippen molar-refractivity contribution in [1.29, 1.82) is 0 Å². The molecular formula is C19H26N4O. The maximum Gasteiger partial charge on any atom is 0.241 e. The van der Waals surface area contributed by atoms with Crippen molar-refractivity contribution in [3.63, 3.8) is 0 Å². The van der Waals surface area contributed by atoms with Crippen LogP contribution < -0.4 is 5.32 Å². The zero-order valence-electron chi connectivity index (χ0n) is 14.9. The number of amides is 1. The molecule has 1 heterocycles. The van der Waals surface area contributed by atoms with Crippen LogP contribution in [0.25, 0.3) is 0 Å². The first-order valence-electron chi connectivity index (χ1n) is 8.51. The summed E-state index contributed by atoms with van der Waals surface area (Å²) in [4.78, 5) is 15.3. The van der Waals surface area contributed by atoms with Gasteiger partial charge in [0.2, 0.25) is 5.91 Å². The van der Waals surface area contributed by atoms with Gasteiger partial charge in [0.15, 0.2) is 0 Å². The smallest absolute Gasteiger partial charge is 0.241 e. The normalized spacial score (nSPS) is 16.9. The topological polar surface area (TPSA) is 50.2 Å². The van der Waals surface area contributed by atoms with Gasteiger partial charge in [-0.05, 0) is 37.7 Å². The molecule has 0 unspecified atom stereocenters. The quantitative estimate of drug-likeness (QED) is 0.915. The van der Waals surface area contributed by atoms with Crippen LogP contribution in [0.5, 0.6) is 0 Å². The number of aryl methyl sites for hydroxylation is 1. The van der Waals surface area contributed by atoms with E-state index >= 15 is 0 Å². The Hall–Kier alpha value is -2.14. The summed E-state index contributed by atoms with van der Waals surface area (Å²) in [6.45, 7) is 2.09. The zero-order chi connectivity index (χ0) is 17.3. The predicted molar refractivity (Wildman–Crippen MR) is 94.7 cm³/mol. The van der Waals surface area contributed by atoms with Gasteiger partial charge in [-0.3, -0.25) is 14.4 Å². The Morgan fingerprint density at radius 1 is 1.29 bits per heavy atom. The summed E-state index contributed by atoms with van der Waals surface area (Å²) in [5.41, 5.74) is 3.07. The SMILES string of the molecule is CC[C@H](NC(=O)C1(N(C)C)Cc2ccccc2C1)c1ccnn1C. The van der Waals surface area contributed by atoms with Gasteiger partial charge in [0.1, 0.15) is 5.54 Å². The number of carbonyl (C=O) groups excluding carboxylic acids is 1. The van der Waals surface area contributed by atoms with Crippen molar-refractivity contribution in [2.45, 2.75) is 37.8 Å². The van der Waals surface area contributed by atoms with E-state index in [1.54, 1.807) is 6.20 Å². The molecule has 0 spiro atoms. The molecule has 1 N–H and O–H groups in total. The minimum absolute atomic E-state index is 0.0227. The molecule has 1 aromatic heterocycles. The van der Waals surface area contributed by atoms with Gasteiger partial charge in [-0.25, -0.2) is 0 Å². The lowest BCUT2D eigenvalue weighted by Gasteiger charge is -2.36. The highest BCUT2D eigenvalue weighted by Gasteiger charge is 2.46. The van der Waals surface area contributed by atoms with Gasteiger partial charge in [0, 0.05) is 26.1 Å². The van der Waals surface area contributed by atoms with E-state index in [9.17, 15) is 4.79 Å². The zero-order valence-corrected chi connectivity index (χ0v) is 14.9. The van der Waals surface area contributed by atoms with E-state index in [1.165, 1.54) is 11.1 Å². The van der Waals surface area contributed by atoms with Gasteiger partial charge in [0.05, 0.1) is 11.7 Å². The molecule has 1 atom stereocenters. The molecule has 128 valence electrons. The molecule has 0 aliphatic heterocycles. The molecule has 0 saturated heterocycles. The van der Waals surface area contributed by atoms with E-state index in [0.29, 0.717) is 0 Å². The van der Waals surface area contributed by atoms with E-state index in [2.05, 4.69) is 34.4 Å². The van der Waals surface area contributed by atoms with Gasteiger partial charge in [-0.15, -0.1) is 0 Å². The number of nitrogens with zero attached hydrogens (tertiary/aromatic N) is 3. The highest BCUT2D eigenvalue weighted by molar-refractivity contribution is 5.88. The van der Waals surface area contributed by atoms with Gasteiger partial charge >= 0.3 is 0 Å². The van der Waals surface area contributed by atoms with Crippen molar-refractivity contribution in [1.82, 2.24) is 20.0 Å². The first kappa shape index (κ1) is 16.7. The molecule has 0 fully saturated rings. The van der Waals surface area contributed by atoms with Crippen LogP contribution in [0.2, 0.25) is 0 Å². The fraction of sp³-hybridized carbons (Fsp3) is 0.474. The minimum atomic E-state index is -0.518. The number of carbonyl (C=O) groups is 1. The second-order valence-electron chi connectivity index (χ2n) is 6.86. The van der Waals surface area contributed by atoms with Crippen LogP contribution in [0.4, 0.5) is 0 Å². The molecule has 2 aromatic rings. The molecular weight excluding hydrogens is 300 g/mol. The molecule has 24 heavy (non-hydrogen) atoms. The second kappa shape index (κ2) is 6.40. The van der Waals surface area contributed by atoms with Crippen molar-refractivity contribution in [2.24, 2.45) is 7.05 Å². The summed E-state index contributed by atoms with van der Waals surface area (Å²) in [6, 6.07) is 10.3. The van der Waals surface area contributed by atoms with Crippen LogP contribution in [-0.2, 0) is 24.7 Å². The number of fused-ring (bicyclic) bond motifs is 1. The average molecular weight is 326 g/mol. The van der Waals surface area contributed by atoms with Gasteiger partial charge < -0.3 is 5.32 Å². The maximum atomic E-state index is 13.3. The van der Waals surface area contributed by atoms with E-state index in [4.69, 9.17) is 0 Å². The molecule has 5 heteroatoms. The largest absolute Gasteiger partial charge is 0.346 e. The lowest BCUT2D eigenvalue weighted by molar-refractivity contribution is -0.132. The number of benzene rings is 1. The molecule has 5 nitrogen and oxygen atoms in total. The van der Waals surface area contributed by atoms with Crippen LogP contribution in [-0.4, -0.2) is 40.2 Å². The van der Waals surface area contributed by atoms with Crippen LogP contribution in [0.3, 0.4) is 0 Å². The monoisotopic (exact) mass is 326 g/mol. The second-order valence-corrected chi connectivity index (χ2v) is 6.86. The third-order valence-electron chi connectivity index (χ3n) is 5.29. The molecule has 1 aliphatic carbocycles. The summed E-state index contributed by atoms with van der Waals surface area (Å²) in [6.07, 6.45) is 4.12. The van der Waals surface area contributed by atoms with Crippen LogP contribution >= 0.6 is 0 Å². The number of hydrogen-bond acceptors (Lipinski definition) is 3. The Kier molecular flexibility index (Phi) is 4.45. The third-order valence-corrected chi connectivity index (χ3v) is 5.29. The summed E-state index contributed by atoms with van der Waals surface area (Å²) >= 11 is 0. The Bertz CT molecular complexity index is 709. The predicted octanol–water partition coefficient (Wildman–Crippen LogP) is 2.09. The lowest BCUT2D eigenvalue weighted by atomic mass is 9.92. The van der Waals surface area contributed by atoms with Gasteiger partial charge in [-0.2, -0.15) is 5.10 Å². The average Bonchev–Trinajstić information content (AvgIpc) is 3.16. The first-order chi connectivity index (χ1) is 11.5. The van der Waals surface area contributed by atoms with E-state index in [1.807, 2.05) is 44.0 Å². The summed E-state index contributed by atoms with van der Waals surface area (Å²) in [5.74, 6) is 0.0942. The van der Waals surface area contributed by atoms with Crippen LogP contribution in [0.15, 0.2) is 36.5 Å². The van der Waals surface area contributed by atoms with E-state index in [0.717, 1.165) is 25.0 Å². The van der Waals surface area contributed by atoms with Gasteiger partial charge in [0.25, 0.3) is 0 Å². The van der Waals surface area contributed by atoms with Gasteiger partial charge in [-0.1, -0.05) is 31.2 Å². The summed E-state index contributed by atoms with van der Waals surface area (Å²) in [5, 5.41) is 7.50. The van der Waals surface area contributed by atoms with Crippen molar-refractivity contribution >= 4 is 5.91 Å². The number of hydrogen-bond donors (Lipinski definition) is 1. The minimum Gasteiger partial charge on any atom is -0.346 e. The maximum absolute atomic E-state index is 13.3. The number of nitrogens with one attached hydrogen (secondary N) is 1. The van der Waals surface area contributed by atoms with Crippen molar-refractivity contribution in [3.8, 4) is 0 Å². The molecule has 3 rings (SSSR count). The Balaban J connectivity index is 1.85. The van der Waals surface area contributed by atoms with Crippen LogP contribution in [0.1, 0.15) is 36.2 Å². The Morgan fingerprint density at radius 2 is 1.92 bits per heavy atom. The first-order valence-corrected chi connectivity index (χ1v) is 8.51. The molecule has 1 amide bonds. The number of aromatic nitrogens is 2. The highest BCUT2D eigenvalue weighted by Crippen LogP contribution is 2.34. The number of rotatable bonds is 5. The van der Waals surface area contributed by atoms with Crippen molar-refractivity contribution in [2.75, 3.05) is 14.1 Å². The lowest BCUT2D eigenvalue weighted by Crippen LogP contribution is -2.57. The standard InChI is InChI=1S/C19H26N4O/c1-5-16(17-10-11-20-23(17)4)21-18(24)19(22(2)3)12-14-8-6-7-9-15(14)13-19/h6-11,16H,5,12-13H2,1-4H3,(H,21,24)/t16-/m0/s1. The summed E-state index contributed by atoms with van der Waals surface area (Å²) in [7, 11) is 5.91. The molecule has 0 radical (unpaired) electrons. The fourth-order valence-corrected chi connectivity index (χ4v) is 3.68. The summed E-state index contributed by atoms with van der Waals surface area (Å²) < 4.78 is 1.83. The Morgan fingerprint density at radius 3 is 2.38 bits per heavy atom. The fourth-order valence-electron chi connectivity index (χ4n) is 3.68. The van der Waals surface area contributed by atoms with E-state index in [-0.39, 0.29) is 11.9 Å². The van der Waals surface area contributed by atoms with Crippen molar-refractivity contribution in [3.05, 3.63) is 53.3 Å². The highest BCUT2D eigenvalue weighted by atomic mass is 16.2. The third kappa shape index (κ3) is 2.73. The van der Waals surface area contributed by atoms with Crippen molar-refractivity contribution < 1.29 is 4.79 Å². The van der Waals surface area contributed by atoms with E-state index < -0.39 is 5.54 Å².